The molecule has 2 heterocycles. The van der Waals surface area contributed by atoms with E-state index >= 15 is 0 Å². The highest BCUT2D eigenvalue weighted by Crippen LogP contribution is 2.04. The second-order valence-electron chi connectivity index (χ2n) is 6.74. The molecule has 2 aliphatic rings. The van der Waals surface area contributed by atoms with Crippen molar-refractivity contribution in [2.75, 3.05) is 78.5 Å². The smallest absolute Gasteiger partial charge is 0.327 e. The van der Waals surface area contributed by atoms with E-state index in [0.29, 0.717) is 52.4 Å². The first-order chi connectivity index (χ1) is 12.8. The fourth-order valence-electron chi connectivity index (χ4n) is 3.15. The number of esters is 2. The molecule has 2 saturated heterocycles. The first kappa shape index (κ1) is 21.2. The molecule has 27 heavy (non-hydrogen) atoms. The lowest BCUT2D eigenvalue weighted by molar-refractivity contribution is -0.160. The zero-order valence-corrected chi connectivity index (χ0v) is 15.2. The Kier molecular flexibility index (Phi) is 8.10. The number of cyclic esters (lactones) is 2. The van der Waals surface area contributed by atoms with Gasteiger partial charge in [0.25, 0.3) is 0 Å². The molecule has 2 N–H and O–H groups in total. The molecular formula is C16H26N4O7. The topological polar surface area (TPSA) is 131 Å². The van der Waals surface area contributed by atoms with Crippen molar-refractivity contribution < 1.29 is 34.1 Å². The fraction of sp³-hybridized carbons (Fsp3) is 0.750. The molecule has 2 unspecified atom stereocenters. The summed E-state index contributed by atoms with van der Waals surface area (Å²) in [5, 5.41) is 18.2. The van der Waals surface area contributed by atoms with Crippen molar-refractivity contribution in [2.45, 2.75) is 0 Å². The maximum Gasteiger partial charge on any atom is 0.327 e. The van der Waals surface area contributed by atoms with Gasteiger partial charge in [0.05, 0.1) is 26.2 Å². The molecule has 0 aromatic carbocycles. The molecule has 2 bridgehead atoms. The van der Waals surface area contributed by atoms with Gasteiger partial charge >= 0.3 is 23.9 Å². The van der Waals surface area contributed by atoms with E-state index in [2.05, 4.69) is 0 Å². The Hall–Kier alpha value is -2.08. The van der Waals surface area contributed by atoms with Gasteiger partial charge in [-0.25, -0.2) is 0 Å². The summed E-state index contributed by atoms with van der Waals surface area (Å²) in [6, 6.07) is 0. The van der Waals surface area contributed by atoms with E-state index in [0.717, 1.165) is 0 Å². The maximum atomic E-state index is 11.9. The van der Waals surface area contributed by atoms with Gasteiger partial charge in [0.2, 0.25) is 0 Å². The Bertz CT molecular complexity index is 523. The van der Waals surface area contributed by atoms with Crippen LogP contribution in [0.2, 0.25) is 0 Å². The number of carboxylic acid groups (broad SMARTS) is 2. The highest BCUT2D eigenvalue weighted by Gasteiger charge is 2.24. The van der Waals surface area contributed by atoms with Crippen molar-refractivity contribution in [3.63, 3.8) is 0 Å². The van der Waals surface area contributed by atoms with Crippen LogP contribution in [0, 0.1) is 0 Å². The SMILES string of the molecule is O=C(O)CN1CCN(CC(=O)O)CCN2CCN(CC1)CC(=O)OC(=O)C2. The average Bonchev–Trinajstić information content (AvgIpc) is 2.61. The van der Waals surface area contributed by atoms with E-state index in [-0.39, 0.29) is 26.2 Å². The van der Waals surface area contributed by atoms with Gasteiger partial charge < -0.3 is 14.9 Å². The van der Waals surface area contributed by atoms with Crippen LogP contribution in [0.3, 0.4) is 0 Å². The first-order valence-electron chi connectivity index (χ1n) is 8.88. The third-order valence-corrected chi connectivity index (χ3v) is 4.58. The number of ether oxygens (including phenoxy) is 1. The van der Waals surface area contributed by atoms with Crippen LogP contribution >= 0.6 is 0 Å². The van der Waals surface area contributed by atoms with E-state index in [4.69, 9.17) is 14.9 Å². The number of hydrogen-bond donors (Lipinski definition) is 2. The molecule has 11 heteroatoms. The van der Waals surface area contributed by atoms with Gasteiger partial charge in [0.1, 0.15) is 0 Å². The molecule has 152 valence electrons. The van der Waals surface area contributed by atoms with Crippen LogP contribution < -0.4 is 0 Å². The lowest BCUT2D eigenvalue weighted by atomic mass is 10.3. The largest absolute Gasteiger partial charge is 0.480 e. The third kappa shape index (κ3) is 7.99. The molecule has 0 saturated carbocycles. The van der Waals surface area contributed by atoms with Gasteiger partial charge in [-0.05, 0) is 0 Å². The molecule has 0 aromatic heterocycles. The number of nitrogens with zero attached hydrogens (tertiary/aromatic N) is 4. The predicted octanol–water partition coefficient (Wildman–Crippen LogP) is -2.54. The number of fused-ring (bicyclic) bond motifs is 3. The van der Waals surface area contributed by atoms with Gasteiger partial charge in [-0.2, -0.15) is 0 Å². The minimum Gasteiger partial charge on any atom is -0.480 e. The maximum absolute atomic E-state index is 11.9. The summed E-state index contributed by atoms with van der Waals surface area (Å²) in [5.41, 5.74) is 0. The Labute approximate surface area is 157 Å². The normalized spacial score (nSPS) is 26.8. The molecule has 0 aliphatic carbocycles. The Morgan fingerprint density at radius 1 is 0.704 bits per heavy atom. The molecule has 11 nitrogen and oxygen atoms in total. The van der Waals surface area contributed by atoms with E-state index < -0.39 is 23.9 Å². The van der Waals surface area contributed by atoms with Crippen LogP contribution in [0.4, 0.5) is 0 Å². The summed E-state index contributed by atoms with van der Waals surface area (Å²) in [6.45, 7) is 3.21. The van der Waals surface area contributed by atoms with Crippen LogP contribution in [0.5, 0.6) is 0 Å². The van der Waals surface area contributed by atoms with Gasteiger partial charge in [-0.1, -0.05) is 0 Å². The van der Waals surface area contributed by atoms with E-state index in [9.17, 15) is 19.2 Å². The average molecular weight is 386 g/mol. The lowest BCUT2D eigenvalue weighted by Gasteiger charge is -2.31. The molecule has 0 spiro atoms. The van der Waals surface area contributed by atoms with Gasteiger partial charge in [0.15, 0.2) is 0 Å². The van der Waals surface area contributed by atoms with Gasteiger partial charge in [-0.15, -0.1) is 0 Å². The summed E-state index contributed by atoms with van der Waals surface area (Å²) in [5.74, 6) is -3.16. The van der Waals surface area contributed by atoms with Crippen LogP contribution in [0.25, 0.3) is 0 Å². The molecule has 0 amide bonds. The molecular weight excluding hydrogens is 360 g/mol. The second kappa shape index (κ2) is 10.3. The van der Waals surface area contributed by atoms with Gasteiger partial charge in [-0.3, -0.25) is 38.8 Å². The number of aliphatic carboxylic acids is 2. The van der Waals surface area contributed by atoms with E-state index in [1.807, 2.05) is 9.80 Å². The Morgan fingerprint density at radius 2 is 1.04 bits per heavy atom. The summed E-state index contributed by atoms with van der Waals surface area (Å²) < 4.78 is 4.81. The fourth-order valence-corrected chi connectivity index (χ4v) is 3.15. The lowest BCUT2D eigenvalue weighted by Crippen LogP contribution is -2.48. The van der Waals surface area contributed by atoms with Crippen molar-refractivity contribution in [1.82, 2.24) is 19.6 Å². The Balaban J connectivity index is 2.14. The molecule has 2 aliphatic heterocycles. The molecule has 2 rings (SSSR count). The summed E-state index contributed by atoms with van der Waals surface area (Å²) >= 11 is 0. The molecule has 0 radical (unpaired) electrons. The summed E-state index contributed by atoms with van der Waals surface area (Å²) in [6.07, 6.45) is 0. The minimum absolute atomic E-state index is 0.0222. The van der Waals surface area contributed by atoms with Crippen LogP contribution in [0.15, 0.2) is 0 Å². The molecule has 0 aromatic rings. The highest BCUT2D eigenvalue weighted by molar-refractivity contribution is 5.87. The summed E-state index contributed by atoms with van der Waals surface area (Å²) in [4.78, 5) is 53.1. The van der Waals surface area contributed by atoms with Crippen molar-refractivity contribution in [2.24, 2.45) is 0 Å². The zero-order valence-electron chi connectivity index (χ0n) is 15.2. The quantitative estimate of drug-likeness (QED) is 0.391. The first-order valence-corrected chi connectivity index (χ1v) is 8.88. The standard InChI is InChI=1S/C16H26N4O7/c21-13(22)9-17-1-2-18(10-14(23)24)4-6-20-8-7-19(5-3-17)11-15(25)27-16(26)12-20/h1-12H2,(H,21,22)(H,23,24). The van der Waals surface area contributed by atoms with Crippen LogP contribution in [-0.2, 0) is 23.9 Å². The molecule has 2 atom stereocenters. The predicted molar refractivity (Wildman–Crippen MR) is 92.1 cm³/mol. The minimum atomic E-state index is -0.965. The number of carbonyl (C=O) groups is 4. The monoisotopic (exact) mass is 386 g/mol. The van der Waals surface area contributed by atoms with Gasteiger partial charge in [0, 0.05) is 52.4 Å². The van der Waals surface area contributed by atoms with Crippen molar-refractivity contribution >= 4 is 23.9 Å². The van der Waals surface area contributed by atoms with E-state index in [1.54, 1.807) is 9.80 Å². The number of carbonyl (C=O) groups excluding carboxylic acids is 2. The van der Waals surface area contributed by atoms with E-state index in [1.165, 1.54) is 0 Å². The van der Waals surface area contributed by atoms with Crippen molar-refractivity contribution in [1.29, 1.82) is 0 Å². The van der Waals surface area contributed by atoms with Crippen molar-refractivity contribution in [3.8, 4) is 0 Å². The highest BCUT2D eigenvalue weighted by atomic mass is 16.6. The number of hydrogen-bond acceptors (Lipinski definition) is 9. The van der Waals surface area contributed by atoms with Crippen LogP contribution in [-0.4, -0.2) is 132 Å². The Morgan fingerprint density at radius 3 is 1.41 bits per heavy atom. The number of carboxylic acids is 2. The van der Waals surface area contributed by atoms with Crippen molar-refractivity contribution in [3.05, 3.63) is 0 Å². The third-order valence-electron chi connectivity index (χ3n) is 4.58. The van der Waals surface area contributed by atoms with Crippen LogP contribution in [0.1, 0.15) is 0 Å². The zero-order chi connectivity index (χ0) is 19.8. The second-order valence-corrected chi connectivity index (χ2v) is 6.74. The summed E-state index contributed by atoms with van der Waals surface area (Å²) in [7, 11) is 0. The molecule has 2 fully saturated rings. The number of rotatable bonds is 4.